The molecule has 2 N–H and O–H groups in total. The van der Waals surface area contributed by atoms with Gasteiger partial charge in [0.05, 0.1) is 12.3 Å². The third kappa shape index (κ3) is 2.70. The van der Waals surface area contributed by atoms with Gasteiger partial charge in [-0.1, -0.05) is 30.3 Å². The summed E-state index contributed by atoms with van der Waals surface area (Å²) in [6, 6.07) is 14.2. The van der Waals surface area contributed by atoms with Crippen molar-refractivity contribution >= 4 is 0 Å². The highest BCUT2D eigenvalue weighted by molar-refractivity contribution is 5.15. The van der Waals surface area contributed by atoms with E-state index in [2.05, 4.69) is 12.1 Å². The maximum atomic E-state index is 5.99. The lowest BCUT2D eigenvalue weighted by Crippen LogP contribution is -2.10. The molecule has 0 spiro atoms. The summed E-state index contributed by atoms with van der Waals surface area (Å²) in [5, 5.41) is 0. The van der Waals surface area contributed by atoms with Crippen LogP contribution in [-0.2, 0) is 6.42 Å². The number of aryl methyl sites for hydroxylation is 1. The van der Waals surface area contributed by atoms with Crippen LogP contribution < -0.4 is 5.73 Å². The molecule has 2 heteroatoms. The summed E-state index contributed by atoms with van der Waals surface area (Å²) in [6.07, 6.45) is 3.57. The fraction of sp³-hybridized carbons (Fsp3) is 0.231. The zero-order chi connectivity index (χ0) is 10.5. The van der Waals surface area contributed by atoms with Gasteiger partial charge in [-0.3, -0.25) is 0 Å². The number of furan rings is 1. The van der Waals surface area contributed by atoms with Crippen molar-refractivity contribution < 1.29 is 4.42 Å². The zero-order valence-corrected chi connectivity index (χ0v) is 8.60. The Morgan fingerprint density at radius 1 is 1.07 bits per heavy atom. The van der Waals surface area contributed by atoms with E-state index in [0.29, 0.717) is 0 Å². The van der Waals surface area contributed by atoms with Gasteiger partial charge in [0, 0.05) is 0 Å². The molecule has 2 nitrogen and oxygen atoms in total. The van der Waals surface area contributed by atoms with Crippen LogP contribution in [0.25, 0.3) is 0 Å². The summed E-state index contributed by atoms with van der Waals surface area (Å²) in [6.45, 7) is 0. The Morgan fingerprint density at radius 2 is 1.87 bits per heavy atom. The first-order chi connectivity index (χ1) is 7.36. The minimum Gasteiger partial charge on any atom is -0.468 e. The number of hydrogen-bond acceptors (Lipinski definition) is 2. The molecule has 2 rings (SSSR count). The van der Waals surface area contributed by atoms with Gasteiger partial charge < -0.3 is 10.2 Å². The second-order valence-corrected chi connectivity index (χ2v) is 3.65. The van der Waals surface area contributed by atoms with Crippen LogP contribution in [0.15, 0.2) is 53.1 Å². The summed E-state index contributed by atoms with van der Waals surface area (Å²) < 4.78 is 5.26. The molecular weight excluding hydrogens is 186 g/mol. The number of rotatable bonds is 4. The Labute approximate surface area is 89.7 Å². The molecule has 0 aliphatic carbocycles. The Morgan fingerprint density at radius 3 is 2.53 bits per heavy atom. The van der Waals surface area contributed by atoms with Gasteiger partial charge in [-0.15, -0.1) is 0 Å². The predicted molar refractivity (Wildman–Crippen MR) is 60.4 cm³/mol. The lowest BCUT2D eigenvalue weighted by molar-refractivity contribution is 0.452. The average molecular weight is 201 g/mol. The second kappa shape index (κ2) is 4.80. The van der Waals surface area contributed by atoms with E-state index in [4.69, 9.17) is 10.2 Å². The first-order valence-corrected chi connectivity index (χ1v) is 5.19. The molecule has 0 saturated heterocycles. The van der Waals surface area contributed by atoms with E-state index >= 15 is 0 Å². The molecule has 0 radical (unpaired) electrons. The van der Waals surface area contributed by atoms with Crippen molar-refractivity contribution in [3.63, 3.8) is 0 Å². The Hall–Kier alpha value is -1.54. The highest BCUT2D eigenvalue weighted by Crippen LogP contribution is 2.16. The van der Waals surface area contributed by atoms with Crippen LogP contribution in [0.3, 0.4) is 0 Å². The monoisotopic (exact) mass is 201 g/mol. The van der Waals surface area contributed by atoms with Crippen LogP contribution in [0, 0.1) is 0 Å². The van der Waals surface area contributed by atoms with Crippen molar-refractivity contribution in [3.8, 4) is 0 Å². The van der Waals surface area contributed by atoms with E-state index in [9.17, 15) is 0 Å². The number of benzene rings is 1. The fourth-order valence-corrected chi connectivity index (χ4v) is 1.61. The molecule has 15 heavy (non-hydrogen) atoms. The van der Waals surface area contributed by atoms with E-state index in [0.717, 1.165) is 18.6 Å². The van der Waals surface area contributed by atoms with E-state index in [1.807, 2.05) is 30.3 Å². The van der Waals surface area contributed by atoms with Crippen LogP contribution in [0.1, 0.15) is 23.8 Å². The van der Waals surface area contributed by atoms with Crippen molar-refractivity contribution in [3.05, 3.63) is 60.1 Å². The quantitative estimate of drug-likeness (QED) is 0.826. The molecule has 1 aromatic heterocycles. The number of hydrogen-bond donors (Lipinski definition) is 1. The van der Waals surface area contributed by atoms with Crippen LogP contribution in [-0.4, -0.2) is 0 Å². The maximum Gasteiger partial charge on any atom is 0.120 e. The second-order valence-electron chi connectivity index (χ2n) is 3.65. The first-order valence-electron chi connectivity index (χ1n) is 5.19. The average Bonchev–Trinajstić information content (AvgIpc) is 2.81. The molecule has 0 bridgehead atoms. The summed E-state index contributed by atoms with van der Waals surface area (Å²) in [5.41, 5.74) is 7.31. The van der Waals surface area contributed by atoms with Crippen LogP contribution in [0.4, 0.5) is 0 Å². The minimum atomic E-state index is 0.000191. The predicted octanol–water partition coefficient (Wildman–Crippen LogP) is 2.91. The van der Waals surface area contributed by atoms with Gasteiger partial charge >= 0.3 is 0 Å². The lowest BCUT2D eigenvalue weighted by atomic mass is 10.0. The van der Waals surface area contributed by atoms with E-state index in [-0.39, 0.29) is 6.04 Å². The molecule has 0 fully saturated rings. The minimum absolute atomic E-state index is 0.000191. The number of nitrogens with two attached hydrogens (primary N) is 1. The third-order valence-corrected chi connectivity index (χ3v) is 2.50. The molecule has 0 aliphatic heterocycles. The van der Waals surface area contributed by atoms with Gasteiger partial charge in [0.15, 0.2) is 0 Å². The highest BCUT2D eigenvalue weighted by atomic mass is 16.3. The van der Waals surface area contributed by atoms with Gasteiger partial charge in [0.2, 0.25) is 0 Å². The van der Waals surface area contributed by atoms with E-state index in [1.165, 1.54) is 5.56 Å². The van der Waals surface area contributed by atoms with Gasteiger partial charge in [-0.2, -0.15) is 0 Å². The van der Waals surface area contributed by atoms with Gasteiger partial charge in [-0.05, 0) is 30.5 Å². The fourth-order valence-electron chi connectivity index (χ4n) is 1.61. The zero-order valence-electron chi connectivity index (χ0n) is 8.60. The molecule has 1 atom stereocenters. The molecule has 1 heterocycles. The SMILES string of the molecule is N[C@H](CCc1ccccc1)c1ccco1. The molecule has 0 aliphatic rings. The van der Waals surface area contributed by atoms with Crippen molar-refractivity contribution in [2.24, 2.45) is 5.73 Å². The molecule has 0 amide bonds. The third-order valence-electron chi connectivity index (χ3n) is 2.50. The Bertz CT molecular complexity index is 380. The van der Waals surface area contributed by atoms with E-state index in [1.54, 1.807) is 6.26 Å². The smallest absolute Gasteiger partial charge is 0.120 e. The molecular formula is C13H15NO. The van der Waals surface area contributed by atoms with Gasteiger partial charge in [0.25, 0.3) is 0 Å². The highest BCUT2D eigenvalue weighted by Gasteiger charge is 2.08. The molecule has 1 aromatic carbocycles. The summed E-state index contributed by atoms with van der Waals surface area (Å²) >= 11 is 0. The molecule has 0 saturated carbocycles. The topological polar surface area (TPSA) is 39.2 Å². The Balaban J connectivity index is 1.89. The molecule has 78 valence electrons. The molecule has 2 aromatic rings. The first kappa shape index (κ1) is 9.99. The van der Waals surface area contributed by atoms with Crippen molar-refractivity contribution in [1.82, 2.24) is 0 Å². The van der Waals surface area contributed by atoms with Gasteiger partial charge in [-0.25, -0.2) is 0 Å². The van der Waals surface area contributed by atoms with Crippen LogP contribution in [0.5, 0.6) is 0 Å². The van der Waals surface area contributed by atoms with Gasteiger partial charge in [0.1, 0.15) is 5.76 Å². The standard InChI is InChI=1S/C13H15NO/c14-12(13-7-4-10-15-13)9-8-11-5-2-1-3-6-11/h1-7,10,12H,8-9,14H2/t12-/m1/s1. The summed E-state index contributed by atoms with van der Waals surface area (Å²) in [5.74, 6) is 0.867. The van der Waals surface area contributed by atoms with Crippen LogP contribution in [0.2, 0.25) is 0 Å². The van der Waals surface area contributed by atoms with Crippen molar-refractivity contribution in [2.45, 2.75) is 18.9 Å². The van der Waals surface area contributed by atoms with Crippen molar-refractivity contribution in [2.75, 3.05) is 0 Å². The Kier molecular flexibility index (Phi) is 3.20. The largest absolute Gasteiger partial charge is 0.468 e. The van der Waals surface area contributed by atoms with E-state index < -0.39 is 0 Å². The van der Waals surface area contributed by atoms with Crippen molar-refractivity contribution in [1.29, 1.82) is 0 Å². The summed E-state index contributed by atoms with van der Waals surface area (Å²) in [7, 11) is 0. The maximum absolute atomic E-state index is 5.99. The lowest BCUT2D eigenvalue weighted by Gasteiger charge is -2.08. The molecule has 0 unspecified atom stereocenters. The van der Waals surface area contributed by atoms with Crippen LogP contribution >= 0.6 is 0 Å². The summed E-state index contributed by atoms with van der Waals surface area (Å²) in [4.78, 5) is 0. The normalized spacial score (nSPS) is 12.6.